The Morgan fingerprint density at radius 3 is 2.30 bits per heavy atom. The lowest BCUT2D eigenvalue weighted by Gasteiger charge is -2.36. The fourth-order valence-electron chi connectivity index (χ4n) is 4.31. The Morgan fingerprint density at radius 1 is 0.909 bits per heavy atom. The quantitative estimate of drug-likeness (QED) is 0.537. The average Bonchev–Trinajstić information content (AvgIpc) is 2.75. The van der Waals surface area contributed by atoms with Crippen molar-refractivity contribution in [2.24, 2.45) is 0 Å². The maximum Gasteiger partial charge on any atom is 0.324 e. The molecule has 3 amide bonds. The average molecular weight is 446 g/mol. The zero-order valence-corrected chi connectivity index (χ0v) is 19.2. The molecule has 0 radical (unpaired) electrons. The van der Waals surface area contributed by atoms with Gasteiger partial charge in [-0.3, -0.25) is 9.69 Å². The number of carbonyl (C=O) groups is 2. The van der Waals surface area contributed by atoms with Crippen LogP contribution in [0.3, 0.4) is 0 Å². The maximum absolute atomic E-state index is 13.4. The highest BCUT2D eigenvalue weighted by Crippen LogP contribution is 2.31. The number of nitrogens with one attached hydrogen (secondary N) is 1. The molecule has 3 aromatic carbocycles. The van der Waals surface area contributed by atoms with Crippen LogP contribution >= 0.6 is 0 Å². The standard InChI is InChI=1S/C27H28FN3O2/c1-18-5-10-25(24(16-18)29-26(32)22-6-8-23(28)9-7-22)31-12-4-11-30(27(31)33)17-21-14-19(2)13-20(3)15-21/h5-10,13-16H,4,11-12,17H2,1-3H3,(H,29,32). The Balaban J connectivity index is 1.58. The van der Waals surface area contributed by atoms with E-state index in [4.69, 9.17) is 0 Å². The first kappa shape index (κ1) is 22.5. The van der Waals surface area contributed by atoms with Gasteiger partial charge < -0.3 is 10.2 Å². The van der Waals surface area contributed by atoms with Gasteiger partial charge in [-0.25, -0.2) is 9.18 Å². The van der Waals surface area contributed by atoms with E-state index >= 15 is 0 Å². The summed E-state index contributed by atoms with van der Waals surface area (Å²) < 4.78 is 13.2. The molecule has 3 aromatic rings. The first-order valence-electron chi connectivity index (χ1n) is 11.1. The number of nitrogens with zero attached hydrogens (tertiary/aromatic N) is 2. The summed E-state index contributed by atoms with van der Waals surface area (Å²) in [5.74, 6) is -0.746. The second-order valence-corrected chi connectivity index (χ2v) is 8.69. The Morgan fingerprint density at radius 2 is 1.61 bits per heavy atom. The van der Waals surface area contributed by atoms with Gasteiger partial charge in [0.1, 0.15) is 5.82 Å². The van der Waals surface area contributed by atoms with Crippen LogP contribution in [-0.4, -0.2) is 29.9 Å². The summed E-state index contributed by atoms with van der Waals surface area (Å²) in [6.07, 6.45) is 0.829. The van der Waals surface area contributed by atoms with Crippen molar-refractivity contribution in [2.75, 3.05) is 23.3 Å². The van der Waals surface area contributed by atoms with Crippen molar-refractivity contribution >= 4 is 23.3 Å². The molecular formula is C27H28FN3O2. The van der Waals surface area contributed by atoms with Gasteiger partial charge in [0.15, 0.2) is 0 Å². The summed E-state index contributed by atoms with van der Waals surface area (Å²) in [7, 11) is 0. The molecule has 1 aliphatic rings. The van der Waals surface area contributed by atoms with Gasteiger partial charge in [-0.15, -0.1) is 0 Å². The third-order valence-corrected chi connectivity index (χ3v) is 5.76. The minimum Gasteiger partial charge on any atom is -0.320 e. The van der Waals surface area contributed by atoms with Crippen LogP contribution in [0.5, 0.6) is 0 Å². The molecule has 0 aliphatic carbocycles. The van der Waals surface area contributed by atoms with Gasteiger partial charge in [0.05, 0.1) is 11.4 Å². The van der Waals surface area contributed by atoms with E-state index in [9.17, 15) is 14.0 Å². The zero-order chi connectivity index (χ0) is 23.5. The molecule has 170 valence electrons. The maximum atomic E-state index is 13.4. The van der Waals surface area contributed by atoms with Crippen molar-refractivity contribution in [1.29, 1.82) is 0 Å². The largest absolute Gasteiger partial charge is 0.324 e. The fourth-order valence-corrected chi connectivity index (χ4v) is 4.31. The molecule has 4 rings (SSSR count). The normalized spacial score (nSPS) is 13.9. The van der Waals surface area contributed by atoms with Crippen LogP contribution in [-0.2, 0) is 6.54 Å². The summed E-state index contributed by atoms with van der Waals surface area (Å²) in [6.45, 7) is 7.85. The highest BCUT2D eigenvalue weighted by Gasteiger charge is 2.29. The minimum atomic E-state index is -0.398. The number of hydrogen-bond donors (Lipinski definition) is 1. The molecule has 1 saturated heterocycles. The third kappa shape index (κ3) is 5.22. The molecular weight excluding hydrogens is 417 g/mol. The summed E-state index contributed by atoms with van der Waals surface area (Å²) in [5.41, 5.74) is 6.00. The van der Waals surface area contributed by atoms with Crippen molar-refractivity contribution in [3.63, 3.8) is 0 Å². The molecule has 1 N–H and O–H groups in total. The molecule has 0 unspecified atom stereocenters. The molecule has 0 saturated carbocycles. The van der Waals surface area contributed by atoms with Gasteiger partial charge in [-0.1, -0.05) is 35.4 Å². The van der Waals surface area contributed by atoms with Gasteiger partial charge in [-0.05, 0) is 74.7 Å². The van der Waals surface area contributed by atoms with Crippen molar-refractivity contribution in [3.05, 3.63) is 94.3 Å². The van der Waals surface area contributed by atoms with Crippen LogP contribution in [0.2, 0.25) is 0 Å². The molecule has 0 bridgehead atoms. The third-order valence-electron chi connectivity index (χ3n) is 5.76. The van der Waals surface area contributed by atoms with Gasteiger partial charge in [0.25, 0.3) is 5.91 Å². The van der Waals surface area contributed by atoms with E-state index in [2.05, 4.69) is 37.4 Å². The first-order valence-corrected chi connectivity index (χ1v) is 11.1. The van der Waals surface area contributed by atoms with E-state index < -0.39 is 5.82 Å². The van der Waals surface area contributed by atoms with Gasteiger partial charge in [0.2, 0.25) is 0 Å². The second kappa shape index (κ2) is 9.45. The highest BCUT2D eigenvalue weighted by atomic mass is 19.1. The van der Waals surface area contributed by atoms with Crippen LogP contribution in [0.4, 0.5) is 20.6 Å². The van der Waals surface area contributed by atoms with Crippen LogP contribution in [0.15, 0.2) is 60.7 Å². The topological polar surface area (TPSA) is 52.6 Å². The predicted molar refractivity (Wildman–Crippen MR) is 129 cm³/mol. The Kier molecular flexibility index (Phi) is 6.45. The number of halogens is 1. The van der Waals surface area contributed by atoms with E-state index in [0.717, 1.165) is 17.5 Å². The number of rotatable bonds is 5. The first-order chi connectivity index (χ1) is 15.8. The van der Waals surface area contributed by atoms with E-state index in [0.29, 0.717) is 36.6 Å². The van der Waals surface area contributed by atoms with Gasteiger partial charge in [-0.2, -0.15) is 0 Å². The van der Waals surface area contributed by atoms with Crippen molar-refractivity contribution < 1.29 is 14.0 Å². The van der Waals surface area contributed by atoms with E-state index in [1.54, 1.807) is 4.90 Å². The fraction of sp³-hybridized carbons (Fsp3) is 0.259. The van der Waals surface area contributed by atoms with Crippen molar-refractivity contribution in [2.45, 2.75) is 33.7 Å². The molecule has 1 heterocycles. The van der Waals surface area contributed by atoms with E-state index in [1.807, 2.05) is 30.0 Å². The lowest BCUT2D eigenvalue weighted by molar-refractivity contribution is 0.102. The van der Waals surface area contributed by atoms with Gasteiger partial charge in [0, 0.05) is 25.2 Å². The number of aryl methyl sites for hydroxylation is 3. The SMILES string of the molecule is Cc1cc(C)cc(CN2CCCN(c3ccc(C)cc3NC(=O)c3ccc(F)cc3)C2=O)c1. The molecule has 0 atom stereocenters. The lowest BCUT2D eigenvalue weighted by Crippen LogP contribution is -2.49. The summed E-state index contributed by atoms with van der Waals surface area (Å²) >= 11 is 0. The van der Waals surface area contributed by atoms with E-state index in [1.165, 1.54) is 35.4 Å². The summed E-state index contributed by atoms with van der Waals surface area (Å²) in [4.78, 5) is 29.8. The Hall–Kier alpha value is -3.67. The number of hydrogen-bond acceptors (Lipinski definition) is 2. The van der Waals surface area contributed by atoms with Crippen LogP contribution in [0.1, 0.15) is 39.0 Å². The minimum absolute atomic E-state index is 0.0819. The number of anilines is 2. The Bertz CT molecular complexity index is 1170. The molecule has 1 aliphatic heterocycles. The van der Waals surface area contributed by atoms with Gasteiger partial charge >= 0.3 is 6.03 Å². The molecule has 1 fully saturated rings. The number of amides is 3. The highest BCUT2D eigenvalue weighted by molar-refractivity contribution is 6.07. The molecule has 0 aromatic heterocycles. The van der Waals surface area contributed by atoms with Crippen LogP contribution < -0.4 is 10.2 Å². The predicted octanol–water partition coefficient (Wildman–Crippen LogP) is 5.84. The molecule has 6 heteroatoms. The number of urea groups is 1. The Labute approximate surface area is 193 Å². The smallest absolute Gasteiger partial charge is 0.320 e. The van der Waals surface area contributed by atoms with E-state index in [-0.39, 0.29) is 11.9 Å². The van der Waals surface area contributed by atoms with Crippen molar-refractivity contribution in [1.82, 2.24) is 4.90 Å². The second-order valence-electron chi connectivity index (χ2n) is 8.69. The molecule has 5 nitrogen and oxygen atoms in total. The molecule has 33 heavy (non-hydrogen) atoms. The van der Waals surface area contributed by atoms with Crippen LogP contribution in [0, 0.1) is 26.6 Å². The monoisotopic (exact) mass is 445 g/mol. The summed E-state index contributed by atoms with van der Waals surface area (Å²) in [6, 6.07) is 17.3. The summed E-state index contributed by atoms with van der Waals surface area (Å²) in [5, 5.41) is 2.91. The van der Waals surface area contributed by atoms with Crippen molar-refractivity contribution in [3.8, 4) is 0 Å². The lowest BCUT2D eigenvalue weighted by atomic mass is 10.1. The van der Waals surface area contributed by atoms with Crippen LogP contribution in [0.25, 0.3) is 0 Å². The number of carbonyl (C=O) groups excluding carboxylic acids is 2. The number of benzene rings is 3. The zero-order valence-electron chi connectivity index (χ0n) is 19.2. The molecule has 0 spiro atoms.